The second-order valence-electron chi connectivity index (χ2n) is 4.44. The van der Waals surface area contributed by atoms with Crippen molar-refractivity contribution in [1.29, 1.82) is 0 Å². The van der Waals surface area contributed by atoms with Crippen molar-refractivity contribution < 1.29 is 9.59 Å². The Kier molecular flexibility index (Phi) is 4.71. The molecule has 1 aromatic carbocycles. The molecule has 0 aliphatic heterocycles. The first-order chi connectivity index (χ1) is 8.41. The first-order valence-electron chi connectivity index (χ1n) is 5.84. The predicted molar refractivity (Wildman–Crippen MR) is 71.2 cm³/mol. The minimum absolute atomic E-state index is 0.0512. The average Bonchev–Trinajstić information content (AvgIpc) is 2.29. The zero-order chi connectivity index (χ0) is 13.7. The monoisotopic (exact) mass is 249 g/mol. The van der Waals surface area contributed by atoms with Crippen LogP contribution < -0.4 is 16.4 Å². The first kappa shape index (κ1) is 14.0. The molecule has 0 aromatic heterocycles. The number of carbonyl (C=O) groups excluding carboxylic acids is 2. The van der Waals surface area contributed by atoms with Crippen molar-refractivity contribution in [2.75, 3.05) is 12.3 Å². The molecular weight excluding hydrogens is 230 g/mol. The lowest BCUT2D eigenvalue weighted by Gasteiger charge is -2.11. The number of carbonyl (C=O) groups is 2. The SMILES string of the molecule is Cc1cccc(C(=O)NCC(=O)NC(C)C)c1N. The summed E-state index contributed by atoms with van der Waals surface area (Å²) in [5, 5.41) is 5.23. The number of para-hydroxylation sites is 1. The Hall–Kier alpha value is -2.04. The minimum atomic E-state index is -0.338. The molecule has 0 aliphatic carbocycles. The van der Waals surface area contributed by atoms with Gasteiger partial charge in [0.2, 0.25) is 5.91 Å². The molecule has 0 saturated carbocycles. The summed E-state index contributed by atoms with van der Waals surface area (Å²) < 4.78 is 0. The third-order valence-corrected chi connectivity index (χ3v) is 2.43. The van der Waals surface area contributed by atoms with Gasteiger partial charge in [0.25, 0.3) is 5.91 Å². The number of aryl methyl sites for hydroxylation is 1. The Bertz CT molecular complexity index is 456. The third-order valence-electron chi connectivity index (χ3n) is 2.43. The molecule has 5 heteroatoms. The van der Waals surface area contributed by atoms with Crippen LogP contribution in [0.3, 0.4) is 0 Å². The van der Waals surface area contributed by atoms with Crippen LogP contribution in [0.15, 0.2) is 18.2 Å². The van der Waals surface area contributed by atoms with Gasteiger partial charge in [0.05, 0.1) is 12.1 Å². The van der Waals surface area contributed by atoms with Crippen LogP contribution in [-0.2, 0) is 4.79 Å². The van der Waals surface area contributed by atoms with E-state index in [2.05, 4.69) is 10.6 Å². The number of rotatable bonds is 4. The van der Waals surface area contributed by atoms with Crippen molar-refractivity contribution in [1.82, 2.24) is 10.6 Å². The zero-order valence-corrected chi connectivity index (χ0v) is 10.9. The lowest BCUT2D eigenvalue weighted by Crippen LogP contribution is -2.40. The largest absolute Gasteiger partial charge is 0.398 e. The quantitative estimate of drug-likeness (QED) is 0.691. The fourth-order valence-corrected chi connectivity index (χ4v) is 1.51. The number of hydrogen-bond acceptors (Lipinski definition) is 3. The fraction of sp³-hybridized carbons (Fsp3) is 0.385. The van der Waals surface area contributed by atoms with Crippen LogP contribution in [0.5, 0.6) is 0 Å². The van der Waals surface area contributed by atoms with Gasteiger partial charge in [-0.15, -0.1) is 0 Å². The van der Waals surface area contributed by atoms with Gasteiger partial charge in [-0.1, -0.05) is 12.1 Å². The molecule has 0 heterocycles. The summed E-state index contributed by atoms with van der Waals surface area (Å²) in [5.74, 6) is -0.556. The van der Waals surface area contributed by atoms with E-state index in [-0.39, 0.29) is 24.4 Å². The summed E-state index contributed by atoms with van der Waals surface area (Å²) in [4.78, 5) is 23.2. The maximum absolute atomic E-state index is 11.8. The van der Waals surface area contributed by atoms with Crippen molar-refractivity contribution in [3.8, 4) is 0 Å². The van der Waals surface area contributed by atoms with Gasteiger partial charge >= 0.3 is 0 Å². The lowest BCUT2D eigenvalue weighted by molar-refractivity contribution is -0.120. The van der Waals surface area contributed by atoms with Gasteiger partial charge in [0.1, 0.15) is 0 Å². The highest BCUT2D eigenvalue weighted by molar-refractivity contribution is 6.01. The van der Waals surface area contributed by atoms with Crippen LogP contribution in [0, 0.1) is 6.92 Å². The van der Waals surface area contributed by atoms with E-state index in [9.17, 15) is 9.59 Å². The number of nitrogen functional groups attached to an aromatic ring is 1. The highest BCUT2D eigenvalue weighted by Crippen LogP contribution is 2.15. The number of nitrogens with two attached hydrogens (primary N) is 1. The Morgan fingerprint density at radius 1 is 1.33 bits per heavy atom. The van der Waals surface area contributed by atoms with Crippen molar-refractivity contribution in [2.45, 2.75) is 26.8 Å². The van der Waals surface area contributed by atoms with E-state index in [0.717, 1.165) is 5.56 Å². The number of amides is 2. The van der Waals surface area contributed by atoms with Crippen LogP contribution in [0.1, 0.15) is 29.8 Å². The molecule has 0 unspecified atom stereocenters. The first-order valence-corrected chi connectivity index (χ1v) is 5.84. The van der Waals surface area contributed by atoms with E-state index < -0.39 is 0 Å². The van der Waals surface area contributed by atoms with Crippen LogP contribution in [0.25, 0.3) is 0 Å². The molecular formula is C13H19N3O2. The predicted octanol–water partition coefficient (Wildman–Crippen LogP) is 0.832. The van der Waals surface area contributed by atoms with Gasteiger partial charge < -0.3 is 16.4 Å². The van der Waals surface area contributed by atoms with Gasteiger partial charge in [-0.2, -0.15) is 0 Å². The second-order valence-corrected chi connectivity index (χ2v) is 4.44. The Morgan fingerprint density at radius 3 is 2.61 bits per heavy atom. The van der Waals surface area contributed by atoms with Crippen LogP contribution in [-0.4, -0.2) is 24.4 Å². The highest BCUT2D eigenvalue weighted by atomic mass is 16.2. The van der Waals surface area contributed by atoms with Crippen LogP contribution in [0.4, 0.5) is 5.69 Å². The van der Waals surface area contributed by atoms with Crippen molar-refractivity contribution in [3.63, 3.8) is 0 Å². The van der Waals surface area contributed by atoms with Gasteiger partial charge in [-0.3, -0.25) is 9.59 Å². The van der Waals surface area contributed by atoms with E-state index in [0.29, 0.717) is 11.3 Å². The molecule has 0 radical (unpaired) electrons. The number of benzene rings is 1. The summed E-state index contributed by atoms with van der Waals surface area (Å²) in [6, 6.07) is 5.28. The van der Waals surface area contributed by atoms with Crippen LogP contribution >= 0.6 is 0 Å². The Balaban J connectivity index is 2.61. The standard InChI is InChI=1S/C13H19N3O2/c1-8(2)16-11(17)7-15-13(18)10-6-4-5-9(3)12(10)14/h4-6,8H,7,14H2,1-3H3,(H,15,18)(H,16,17). The summed E-state index contributed by atoms with van der Waals surface area (Å²) in [7, 11) is 0. The third kappa shape index (κ3) is 3.76. The van der Waals surface area contributed by atoms with Gasteiger partial charge in [0, 0.05) is 11.7 Å². The van der Waals surface area contributed by atoms with Crippen molar-refractivity contribution >= 4 is 17.5 Å². The normalized spacial score (nSPS) is 10.2. The molecule has 0 bridgehead atoms. The molecule has 0 fully saturated rings. The Labute approximate surface area is 107 Å². The molecule has 0 aliphatic rings. The van der Waals surface area contributed by atoms with Gasteiger partial charge in [0.15, 0.2) is 0 Å². The molecule has 0 atom stereocenters. The molecule has 0 spiro atoms. The zero-order valence-electron chi connectivity index (χ0n) is 10.9. The van der Waals surface area contributed by atoms with E-state index in [1.165, 1.54) is 0 Å². The number of hydrogen-bond donors (Lipinski definition) is 3. The van der Waals surface area contributed by atoms with Gasteiger partial charge in [-0.25, -0.2) is 0 Å². The molecule has 0 saturated heterocycles. The molecule has 4 N–H and O–H groups in total. The lowest BCUT2D eigenvalue weighted by atomic mass is 10.1. The summed E-state index contributed by atoms with van der Waals surface area (Å²) >= 11 is 0. The molecule has 98 valence electrons. The molecule has 5 nitrogen and oxygen atoms in total. The van der Waals surface area contributed by atoms with E-state index >= 15 is 0 Å². The number of anilines is 1. The molecule has 1 aromatic rings. The smallest absolute Gasteiger partial charge is 0.253 e. The van der Waals surface area contributed by atoms with Crippen molar-refractivity contribution in [2.24, 2.45) is 0 Å². The summed E-state index contributed by atoms with van der Waals surface area (Å²) in [6.07, 6.45) is 0. The van der Waals surface area contributed by atoms with Gasteiger partial charge in [-0.05, 0) is 32.4 Å². The second kappa shape index (κ2) is 6.05. The highest BCUT2D eigenvalue weighted by Gasteiger charge is 2.12. The van der Waals surface area contributed by atoms with E-state index in [1.54, 1.807) is 12.1 Å². The average molecular weight is 249 g/mol. The molecule has 1 rings (SSSR count). The van der Waals surface area contributed by atoms with E-state index in [1.807, 2.05) is 26.8 Å². The van der Waals surface area contributed by atoms with Crippen LogP contribution in [0.2, 0.25) is 0 Å². The topological polar surface area (TPSA) is 84.2 Å². The molecule has 2 amide bonds. The maximum atomic E-state index is 11.8. The summed E-state index contributed by atoms with van der Waals surface area (Å²) in [5.41, 5.74) is 7.49. The summed E-state index contributed by atoms with van der Waals surface area (Å²) in [6.45, 7) is 5.50. The fourth-order valence-electron chi connectivity index (χ4n) is 1.51. The maximum Gasteiger partial charge on any atom is 0.253 e. The minimum Gasteiger partial charge on any atom is -0.398 e. The number of nitrogens with one attached hydrogen (secondary N) is 2. The van der Waals surface area contributed by atoms with Crippen molar-refractivity contribution in [3.05, 3.63) is 29.3 Å². The van der Waals surface area contributed by atoms with E-state index in [4.69, 9.17) is 5.73 Å². The molecule has 18 heavy (non-hydrogen) atoms. The Morgan fingerprint density at radius 2 is 2.00 bits per heavy atom.